The van der Waals surface area contributed by atoms with Crippen molar-refractivity contribution in [3.8, 4) is 0 Å². The molecule has 1 aromatic heterocycles. The molecular weight excluding hydrogens is 319 g/mol. The molecule has 22 heavy (non-hydrogen) atoms. The topological polar surface area (TPSA) is 33.2 Å². The van der Waals surface area contributed by atoms with E-state index in [4.69, 9.17) is 23.2 Å². The van der Waals surface area contributed by atoms with Gasteiger partial charge in [-0.25, -0.2) is 4.98 Å². The Labute approximate surface area is 140 Å². The van der Waals surface area contributed by atoms with Gasteiger partial charge < -0.3 is 4.90 Å². The summed E-state index contributed by atoms with van der Waals surface area (Å²) in [6.07, 6.45) is 0. The Morgan fingerprint density at radius 2 is 1.82 bits per heavy atom. The van der Waals surface area contributed by atoms with E-state index in [1.165, 1.54) is 0 Å². The molecule has 0 N–H and O–H groups in total. The largest absolute Gasteiger partial charge is 0.334 e. The summed E-state index contributed by atoms with van der Waals surface area (Å²) in [5, 5.41) is 0.694. The average molecular weight is 337 g/mol. The monoisotopic (exact) mass is 336 g/mol. The van der Waals surface area contributed by atoms with Crippen LogP contribution in [0.1, 0.15) is 34.1 Å². The van der Waals surface area contributed by atoms with Crippen LogP contribution in [0, 0.1) is 13.8 Å². The summed E-state index contributed by atoms with van der Waals surface area (Å²) in [5.41, 5.74) is 2.76. The highest BCUT2D eigenvalue weighted by Crippen LogP contribution is 2.28. The van der Waals surface area contributed by atoms with Crippen LogP contribution in [0.5, 0.6) is 0 Å². The molecule has 0 atom stereocenters. The second-order valence-corrected chi connectivity index (χ2v) is 5.84. The summed E-state index contributed by atoms with van der Waals surface area (Å²) in [7, 11) is 0. The van der Waals surface area contributed by atoms with E-state index in [0.717, 1.165) is 5.56 Å². The number of aromatic nitrogens is 1. The van der Waals surface area contributed by atoms with Crippen LogP contribution in [0.25, 0.3) is 0 Å². The Hall–Kier alpha value is -1.58. The molecule has 0 saturated heterocycles. The van der Waals surface area contributed by atoms with Gasteiger partial charge in [0, 0.05) is 13.1 Å². The molecule has 0 spiro atoms. The molecular formula is C17H18Cl2N2O. The molecule has 0 radical (unpaired) electrons. The summed E-state index contributed by atoms with van der Waals surface area (Å²) in [6.45, 7) is 6.61. The van der Waals surface area contributed by atoms with Gasteiger partial charge in [0.2, 0.25) is 0 Å². The fraction of sp³-hybridized carbons (Fsp3) is 0.294. The lowest BCUT2D eigenvalue weighted by molar-refractivity contribution is 0.0751. The SMILES string of the molecule is CCN(Cc1ccccc1)C(=O)c1c(Cl)nc(C)c(Cl)c1C. The third-order valence-electron chi connectivity index (χ3n) is 3.59. The molecule has 0 unspecified atom stereocenters. The summed E-state index contributed by atoms with van der Waals surface area (Å²) in [4.78, 5) is 18.7. The number of benzene rings is 1. The zero-order valence-corrected chi connectivity index (χ0v) is 14.4. The zero-order valence-electron chi connectivity index (χ0n) is 12.9. The van der Waals surface area contributed by atoms with Gasteiger partial charge >= 0.3 is 0 Å². The number of carbonyl (C=O) groups is 1. The summed E-state index contributed by atoms with van der Waals surface area (Å²) < 4.78 is 0. The lowest BCUT2D eigenvalue weighted by atomic mass is 10.1. The van der Waals surface area contributed by atoms with Gasteiger partial charge in [0.15, 0.2) is 0 Å². The van der Waals surface area contributed by atoms with Gasteiger partial charge in [0.1, 0.15) is 5.15 Å². The van der Waals surface area contributed by atoms with Crippen molar-refractivity contribution >= 4 is 29.1 Å². The third-order valence-corrected chi connectivity index (χ3v) is 4.42. The molecule has 0 bridgehead atoms. The minimum absolute atomic E-state index is 0.150. The summed E-state index contributed by atoms with van der Waals surface area (Å²) in [6, 6.07) is 9.84. The Kier molecular flexibility index (Phi) is 5.43. The summed E-state index contributed by atoms with van der Waals surface area (Å²) >= 11 is 12.4. The molecule has 2 rings (SSSR count). The Morgan fingerprint density at radius 1 is 1.18 bits per heavy atom. The van der Waals surface area contributed by atoms with Gasteiger partial charge in [-0.3, -0.25) is 4.79 Å². The maximum absolute atomic E-state index is 12.8. The molecule has 5 heteroatoms. The molecule has 2 aromatic rings. The van der Waals surface area contributed by atoms with Crippen molar-refractivity contribution in [2.24, 2.45) is 0 Å². The molecule has 0 saturated carbocycles. The van der Waals surface area contributed by atoms with Crippen LogP contribution >= 0.6 is 23.2 Å². The first-order valence-corrected chi connectivity index (χ1v) is 7.86. The van der Waals surface area contributed by atoms with Gasteiger partial charge in [0.25, 0.3) is 5.91 Å². The standard InChI is InChI=1S/C17H18Cl2N2O/c1-4-21(10-13-8-6-5-7-9-13)17(22)14-11(2)15(18)12(3)20-16(14)19/h5-9H,4,10H2,1-3H3. The highest BCUT2D eigenvalue weighted by molar-refractivity contribution is 6.35. The van der Waals surface area contributed by atoms with Gasteiger partial charge in [-0.15, -0.1) is 0 Å². The Bertz CT molecular complexity index is 687. The van der Waals surface area contributed by atoms with E-state index in [-0.39, 0.29) is 11.1 Å². The van der Waals surface area contributed by atoms with E-state index in [9.17, 15) is 4.79 Å². The van der Waals surface area contributed by atoms with E-state index < -0.39 is 0 Å². The zero-order chi connectivity index (χ0) is 16.3. The van der Waals surface area contributed by atoms with E-state index in [1.54, 1.807) is 18.7 Å². The van der Waals surface area contributed by atoms with Crippen LogP contribution in [0.3, 0.4) is 0 Å². The third kappa shape index (κ3) is 3.42. The number of pyridine rings is 1. The minimum Gasteiger partial charge on any atom is -0.334 e. The molecule has 0 aliphatic heterocycles. The van der Waals surface area contributed by atoms with Gasteiger partial charge in [-0.05, 0) is 31.9 Å². The first-order chi connectivity index (χ1) is 10.5. The van der Waals surface area contributed by atoms with Crippen molar-refractivity contribution in [1.82, 2.24) is 9.88 Å². The van der Waals surface area contributed by atoms with Crippen molar-refractivity contribution in [2.75, 3.05) is 6.54 Å². The van der Waals surface area contributed by atoms with E-state index in [0.29, 0.717) is 34.9 Å². The molecule has 3 nitrogen and oxygen atoms in total. The van der Waals surface area contributed by atoms with Crippen molar-refractivity contribution < 1.29 is 4.79 Å². The normalized spacial score (nSPS) is 10.6. The van der Waals surface area contributed by atoms with Crippen LogP contribution in [0.2, 0.25) is 10.2 Å². The molecule has 1 aromatic carbocycles. The smallest absolute Gasteiger partial charge is 0.257 e. The molecule has 1 amide bonds. The van der Waals surface area contributed by atoms with Gasteiger partial charge in [-0.2, -0.15) is 0 Å². The van der Waals surface area contributed by atoms with Crippen molar-refractivity contribution in [3.05, 3.63) is 62.9 Å². The number of hydrogen-bond acceptors (Lipinski definition) is 2. The molecule has 1 heterocycles. The van der Waals surface area contributed by atoms with Crippen LogP contribution < -0.4 is 0 Å². The van der Waals surface area contributed by atoms with Crippen LogP contribution in [-0.4, -0.2) is 22.3 Å². The predicted molar refractivity (Wildman–Crippen MR) is 90.6 cm³/mol. The van der Waals surface area contributed by atoms with Crippen LogP contribution in [-0.2, 0) is 6.54 Å². The van der Waals surface area contributed by atoms with Crippen LogP contribution in [0.15, 0.2) is 30.3 Å². The van der Waals surface area contributed by atoms with Gasteiger partial charge in [0.05, 0.1) is 16.3 Å². The second-order valence-electron chi connectivity index (χ2n) is 5.11. The number of carbonyl (C=O) groups excluding carboxylic acids is 1. The minimum atomic E-state index is -0.150. The maximum Gasteiger partial charge on any atom is 0.257 e. The average Bonchev–Trinajstić information content (AvgIpc) is 2.51. The Balaban J connectivity index is 2.35. The van der Waals surface area contributed by atoms with Crippen LogP contribution in [0.4, 0.5) is 0 Å². The van der Waals surface area contributed by atoms with Crippen molar-refractivity contribution in [2.45, 2.75) is 27.3 Å². The van der Waals surface area contributed by atoms with Crippen molar-refractivity contribution in [3.63, 3.8) is 0 Å². The fourth-order valence-electron chi connectivity index (χ4n) is 2.33. The maximum atomic E-state index is 12.8. The highest BCUT2D eigenvalue weighted by atomic mass is 35.5. The number of aryl methyl sites for hydroxylation is 1. The van der Waals surface area contributed by atoms with E-state index >= 15 is 0 Å². The molecule has 116 valence electrons. The van der Waals surface area contributed by atoms with Gasteiger partial charge in [-0.1, -0.05) is 53.5 Å². The molecule has 0 aliphatic carbocycles. The first kappa shape index (κ1) is 16.8. The summed E-state index contributed by atoms with van der Waals surface area (Å²) in [5.74, 6) is -0.150. The highest BCUT2D eigenvalue weighted by Gasteiger charge is 2.23. The quantitative estimate of drug-likeness (QED) is 0.760. The first-order valence-electron chi connectivity index (χ1n) is 7.11. The molecule has 0 fully saturated rings. The number of halogens is 2. The lowest BCUT2D eigenvalue weighted by Crippen LogP contribution is -2.31. The van der Waals surface area contributed by atoms with E-state index in [1.807, 2.05) is 37.3 Å². The number of amides is 1. The second kappa shape index (κ2) is 7.12. The lowest BCUT2D eigenvalue weighted by Gasteiger charge is -2.23. The fourth-order valence-corrected chi connectivity index (χ4v) is 2.81. The van der Waals surface area contributed by atoms with Crippen molar-refractivity contribution in [1.29, 1.82) is 0 Å². The number of nitrogens with zero attached hydrogens (tertiary/aromatic N) is 2. The number of rotatable bonds is 4. The molecule has 0 aliphatic rings. The van der Waals surface area contributed by atoms with E-state index in [2.05, 4.69) is 4.98 Å². The Morgan fingerprint density at radius 3 is 2.41 bits per heavy atom. The predicted octanol–water partition coefficient (Wildman–Crippen LogP) is 4.67. The number of hydrogen-bond donors (Lipinski definition) is 0.